The van der Waals surface area contributed by atoms with E-state index >= 15 is 0 Å². The van der Waals surface area contributed by atoms with Gasteiger partial charge in [-0.1, -0.05) is 56.5 Å². The van der Waals surface area contributed by atoms with Crippen molar-refractivity contribution in [3.05, 3.63) is 35.9 Å². The van der Waals surface area contributed by atoms with E-state index in [9.17, 15) is 4.79 Å². The fourth-order valence-electron chi connectivity index (χ4n) is 4.48. The van der Waals surface area contributed by atoms with Gasteiger partial charge in [0.2, 0.25) is 0 Å². The van der Waals surface area contributed by atoms with Crippen LogP contribution in [0.2, 0.25) is 0 Å². The van der Waals surface area contributed by atoms with Gasteiger partial charge in [0, 0.05) is 12.8 Å². The molecule has 3 nitrogen and oxygen atoms in total. The van der Waals surface area contributed by atoms with Crippen molar-refractivity contribution in [2.45, 2.75) is 70.3 Å². The maximum absolute atomic E-state index is 12.9. The smallest absolute Gasteiger partial charge is 0.309 e. The fraction of sp³-hybridized carbons (Fsp3) is 0.682. The maximum Gasteiger partial charge on any atom is 0.309 e. The molecule has 0 atom stereocenters. The lowest BCUT2D eigenvalue weighted by Crippen LogP contribution is -2.44. The summed E-state index contributed by atoms with van der Waals surface area (Å²) in [5.41, 5.74) is 0.726. The maximum atomic E-state index is 12.9. The van der Waals surface area contributed by atoms with Crippen LogP contribution in [-0.4, -0.2) is 19.1 Å². The molecule has 1 aromatic rings. The van der Waals surface area contributed by atoms with Crippen LogP contribution in [0.25, 0.3) is 0 Å². The Labute approximate surface area is 152 Å². The normalized spacial score (nSPS) is 26.1. The number of carbonyl (C=O) groups is 1. The van der Waals surface area contributed by atoms with E-state index in [1.54, 1.807) is 0 Å². The average Bonchev–Trinajstić information content (AvgIpc) is 2.68. The Morgan fingerprint density at radius 2 is 1.80 bits per heavy atom. The molecule has 3 rings (SSSR count). The molecule has 25 heavy (non-hydrogen) atoms. The molecule has 1 aromatic carbocycles. The van der Waals surface area contributed by atoms with Crippen LogP contribution in [0.15, 0.2) is 30.3 Å². The summed E-state index contributed by atoms with van der Waals surface area (Å²) in [6, 6.07) is 10.3. The topological polar surface area (TPSA) is 38.3 Å². The number of rotatable bonds is 6. The van der Waals surface area contributed by atoms with Crippen LogP contribution in [0.1, 0.15) is 70.3 Å². The molecule has 2 aliphatic rings. The Balaban J connectivity index is 1.62. The van der Waals surface area contributed by atoms with Gasteiger partial charge >= 0.3 is 5.97 Å². The molecule has 0 radical (unpaired) electrons. The van der Waals surface area contributed by atoms with Gasteiger partial charge in [0.05, 0.1) is 5.92 Å². The Hall–Kier alpha value is -1.35. The van der Waals surface area contributed by atoms with E-state index in [-0.39, 0.29) is 11.9 Å². The second-order valence-electron chi connectivity index (χ2n) is 7.89. The third-order valence-corrected chi connectivity index (χ3v) is 6.15. The molecule has 1 aliphatic heterocycles. The summed E-state index contributed by atoms with van der Waals surface area (Å²) in [7, 11) is 0. The molecule has 1 heterocycles. The molecular formula is C22H33NO2. The zero-order chi connectivity index (χ0) is 17.5. The molecule has 138 valence electrons. The molecule has 0 spiro atoms. The Bertz CT molecular complexity index is 528. The average molecular weight is 344 g/mol. The fourth-order valence-corrected chi connectivity index (χ4v) is 4.48. The summed E-state index contributed by atoms with van der Waals surface area (Å²) in [6.45, 7) is 4.07. The van der Waals surface area contributed by atoms with Gasteiger partial charge in [-0.25, -0.2) is 0 Å². The van der Waals surface area contributed by atoms with Crippen molar-refractivity contribution in [1.29, 1.82) is 0 Å². The lowest BCUT2D eigenvalue weighted by Gasteiger charge is -2.39. The van der Waals surface area contributed by atoms with Gasteiger partial charge in [-0.15, -0.1) is 0 Å². The number of hydrogen-bond donors (Lipinski definition) is 1. The predicted molar refractivity (Wildman–Crippen MR) is 101 cm³/mol. The van der Waals surface area contributed by atoms with Gasteiger partial charge in [0.25, 0.3) is 0 Å². The van der Waals surface area contributed by atoms with E-state index in [0.29, 0.717) is 0 Å². The Morgan fingerprint density at radius 1 is 1.12 bits per heavy atom. The molecule has 0 unspecified atom stereocenters. The number of nitrogens with one attached hydrogen (secondary N) is 1. The van der Waals surface area contributed by atoms with Crippen LogP contribution in [0.3, 0.4) is 0 Å². The second kappa shape index (κ2) is 8.84. The van der Waals surface area contributed by atoms with Crippen LogP contribution >= 0.6 is 0 Å². The zero-order valence-corrected chi connectivity index (χ0v) is 15.6. The van der Waals surface area contributed by atoms with E-state index in [4.69, 9.17) is 4.74 Å². The van der Waals surface area contributed by atoms with Crippen LogP contribution in [0.5, 0.6) is 0 Å². The summed E-state index contributed by atoms with van der Waals surface area (Å²) >= 11 is 0. The first-order chi connectivity index (χ1) is 12.2. The summed E-state index contributed by atoms with van der Waals surface area (Å²) in [6.07, 6.45) is 10.1. The minimum absolute atomic E-state index is 0.0414. The third-order valence-electron chi connectivity index (χ3n) is 6.15. The van der Waals surface area contributed by atoms with Crippen molar-refractivity contribution in [2.75, 3.05) is 13.1 Å². The van der Waals surface area contributed by atoms with E-state index in [1.165, 1.54) is 32.1 Å². The predicted octanol–water partition coefficient (Wildman–Crippen LogP) is 4.81. The van der Waals surface area contributed by atoms with Gasteiger partial charge < -0.3 is 10.1 Å². The van der Waals surface area contributed by atoms with Gasteiger partial charge in [-0.2, -0.15) is 0 Å². The highest BCUT2D eigenvalue weighted by Gasteiger charge is 2.40. The Kier molecular flexibility index (Phi) is 6.52. The largest absolute Gasteiger partial charge is 0.454 e. The molecule has 1 aliphatic carbocycles. The first kappa shape index (κ1) is 18.4. The summed E-state index contributed by atoms with van der Waals surface area (Å²) < 4.78 is 6.24. The number of carbonyl (C=O) groups excluding carboxylic acids is 1. The Morgan fingerprint density at radius 3 is 2.44 bits per heavy atom. The quantitative estimate of drug-likeness (QED) is 0.754. The highest BCUT2D eigenvalue weighted by atomic mass is 16.6. The molecule has 2 fully saturated rings. The zero-order valence-electron chi connectivity index (χ0n) is 15.6. The standard InChI is InChI=1S/C22H33NO2/c1-2-3-7-18-10-12-19(13-11-18)21(24)25-22(14-16-23-17-15-22)20-8-5-4-6-9-20/h4-6,8-9,18-19,23H,2-3,7,10-17H2,1H3. The SMILES string of the molecule is CCCCC1CCC(C(=O)OC2(c3ccccc3)CCNCC2)CC1. The molecule has 0 bridgehead atoms. The first-order valence-electron chi connectivity index (χ1n) is 10.2. The van der Waals surface area contributed by atoms with Crippen molar-refractivity contribution in [3.8, 4) is 0 Å². The monoisotopic (exact) mass is 343 g/mol. The number of unbranched alkanes of at least 4 members (excludes halogenated alkanes) is 1. The number of hydrogen-bond acceptors (Lipinski definition) is 3. The van der Waals surface area contributed by atoms with E-state index in [1.807, 2.05) is 18.2 Å². The van der Waals surface area contributed by atoms with Crippen LogP contribution < -0.4 is 5.32 Å². The summed E-state index contributed by atoms with van der Waals surface area (Å²) in [5, 5.41) is 3.40. The lowest BCUT2D eigenvalue weighted by atomic mass is 9.79. The van der Waals surface area contributed by atoms with Gasteiger partial charge in [-0.05, 0) is 50.3 Å². The summed E-state index contributed by atoms with van der Waals surface area (Å²) in [4.78, 5) is 12.9. The third kappa shape index (κ3) is 4.63. The number of benzene rings is 1. The van der Waals surface area contributed by atoms with Gasteiger partial charge in [0.15, 0.2) is 0 Å². The van der Waals surface area contributed by atoms with E-state index < -0.39 is 5.60 Å². The van der Waals surface area contributed by atoms with E-state index in [0.717, 1.165) is 50.3 Å². The van der Waals surface area contributed by atoms with Gasteiger partial charge in [-0.3, -0.25) is 4.79 Å². The molecule has 0 amide bonds. The molecule has 0 aromatic heterocycles. The molecule has 1 saturated carbocycles. The second-order valence-corrected chi connectivity index (χ2v) is 7.89. The molecular weight excluding hydrogens is 310 g/mol. The van der Waals surface area contributed by atoms with Crippen molar-refractivity contribution >= 4 is 5.97 Å². The first-order valence-corrected chi connectivity index (χ1v) is 10.2. The summed E-state index contributed by atoms with van der Waals surface area (Å²) in [5.74, 6) is 0.971. The molecule has 1 N–H and O–H groups in total. The highest BCUT2D eigenvalue weighted by Crippen LogP contribution is 2.38. The van der Waals surface area contributed by atoms with Crippen molar-refractivity contribution in [3.63, 3.8) is 0 Å². The van der Waals surface area contributed by atoms with Gasteiger partial charge in [0.1, 0.15) is 5.60 Å². The van der Waals surface area contributed by atoms with Crippen LogP contribution in [-0.2, 0) is 15.1 Å². The molecule has 3 heteroatoms. The van der Waals surface area contributed by atoms with Crippen molar-refractivity contribution in [1.82, 2.24) is 5.32 Å². The number of piperidine rings is 1. The molecule has 1 saturated heterocycles. The highest BCUT2D eigenvalue weighted by molar-refractivity contribution is 5.73. The van der Waals surface area contributed by atoms with Crippen molar-refractivity contribution < 1.29 is 9.53 Å². The minimum Gasteiger partial charge on any atom is -0.454 e. The van der Waals surface area contributed by atoms with E-state index in [2.05, 4.69) is 24.4 Å². The number of esters is 1. The van der Waals surface area contributed by atoms with Crippen LogP contribution in [0, 0.1) is 11.8 Å². The lowest BCUT2D eigenvalue weighted by molar-refractivity contribution is -0.171. The number of ether oxygens (including phenoxy) is 1. The van der Waals surface area contributed by atoms with Crippen LogP contribution in [0.4, 0.5) is 0 Å². The van der Waals surface area contributed by atoms with Crippen molar-refractivity contribution in [2.24, 2.45) is 11.8 Å². The minimum atomic E-state index is -0.428.